The third-order valence-electron chi connectivity index (χ3n) is 3.87. The molecule has 0 radical (unpaired) electrons. The Morgan fingerprint density at radius 3 is 2.83 bits per heavy atom. The molecule has 1 aromatic carbocycles. The molecule has 1 aromatic heterocycles. The van der Waals surface area contributed by atoms with Crippen LogP contribution >= 0.6 is 11.8 Å². The molecule has 0 bridgehead atoms. The minimum Gasteiger partial charge on any atom is -0.376 e. The average molecular weight is 349 g/mol. The molecule has 1 aliphatic heterocycles. The van der Waals surface area contributed by atoms with Gasteiger partial charge >= 0.3 is 0 Å². The van der Waals surface area contributed by atoms with Crippen molar-refractivity contribution in [1.29, 1.82) is 0 Å². The van der Waals surface area contributed by atoms with Crippen LogP contribution in [0.15, 0.2) is 34.2 Å². The molecule has 0 saturated carbocycles. The Hall–Kier alpha value is -1.11. The summed E-state index contributed by atoms with van der Waals surface area (Å²) in [7, 11) is -1.22. The van der Waals surface area contributed by atoms with Gasteiger partial charge in [0.05, 0.1) is 31.6 Å². The molecular weight excluding hydrogens is 324 g/mol. The number of rotatable bonds is 5. The number of ether oxygens (including phenoxy) is 1. The number of benzene rings is 1. The van der Waals surface area contributed by atoms with E-state index in [0.29, 0.717) is 11.9 Å². The van der Waals surface area contributed by atoms with Crippen LogP contribution < -0.4 is 5.56 Å². The quantitative estimate of drug-likeness (QED) is 0.471. The lowest BCUT2D eigenvalue weighted by molar-refractivity contribution is 0.0937. The molecule has 1 saturated heterocycles. The first kappa shape index (κ1) is 16.7. The summed E-state index contributed by atoms with van der Waals surface area (Å²) in [5.74, 6) is 0. The number of hydrogen-bond donors (Lipinski definition) is 0. The summed E-state index contributed by atoms with van der Waals surface area (Å²) in [6, 6.07) is 7.62. The number of thioether (sulfide) groups is 1. The zero-order valence-electron chi connectivity index (χ0n) is 14.0. The second-order valence-electron chi connectivity index (χ2n) is 7.31. The monoisotopic (exact) mass is 348 g/mol. The van der Waals surface area contributed by atoms with Crippen molar-refractivity contribution in [2.24, 2.45) is 0 Å². The van der Waals surface area contributed by atoms with Gasteiger partial charge in [-0.1, -0.05) is 43.5 Å². The summed E-state index contributed by atoms with van der Waals surface area (Å²) in [4.78, 5) is 17.7. The summed E-state index contributed by atoms with van der Waals surface area (Å²) in [5.41, 5.74) is 0.850. The van der Waals surface area contributed by atoms with Crippen molar-refractivity contribution in [2.75, 3.05) is 12.0 Å². The first-order valence-corrected chi connectivity index (χ1v) is 12.9. The second kappa shape index (κ2) is 6.79. The number of fused-ring (bicyclic) bond motifs is 1. The maximum Gasteiger partial charge on any atom is 0.262 e. The Kier molecular flexibility index (Phi) is 4.94. The van der Waals surface area contributed by atoms with E-state index in [1.54, 1.807) is 11.8 Å². The Bertz CT molecular complexity index is 748. The molecule has 0 N–H and O–H groups in total. The van der Waals surface area contributed by atoms with Gasteiger partial charge in [-0.15, -0.1) is 0 Å². The largest absolute Gasteiger partial charge is 0.376 e. The van der Waals surface area contributed by atoms with E-state index < -0.39 is 8.07 Å². The van der Waals surface area contributed by atoms with Crippen molar-refractivity contribution in [3.63, 3.8) is 0 Å². The highest BCUT2D eigenvalue weighted by Gasteiger charge is 2.21. The fourth-order valence-electron chi connectivity index (χ4n) is 2.69. The average Bonchev–Trinajstić information content (AvgIpc) is 3.01. The maximum atomic E-state index is 12.9. The molecule has 23 heavy (non-hydrogen) atoms. The molecule has 1 fully saturated rings. The fraction of sp³-hybridized carbons (Fsp3) is 0.529. The van der Waals surface area contributed by atoms with Crippen LogP contribution in [-0.4, -0.2) is 35.7 Å². The van der Waals surface area contributed by atoms with Crippen molar-refractivity contribution >= 4 is 30.7 Å². The molecule has 6 heteroatoms. The zero-order valence-corrected chi connectivity index (χ0v) is 15.9. The van der Waals surface area contributed by atoms with Gasteiger partial charge in [0.15, 0.2) is 5.16 Å². The van der Waals surface area contributed by atoms with Crippen LogP contribution in [0.3, 0.4) is 0 Å². The normalized spacial score (nSPS) is 18.7. The van der Waals surface area contributed by atoms with Crippen molar-refractivity contribution in [2.45, 2.75) is 50.3 Å². The van der Waals surface area contributed by atoms with Crippen molar-refractivity contribution in [3.8, 4) is 0 Å². The van der Waals surface area contributed by atoms with E-state index in [2.05, 4.69) is 19.6 Å². The molecule has 0 aliphatic carbocycles. The number of para-hydroxylation sites is 1. The van der Waals surface area contributed by atoms with E-state index in [9.17, 15) is 4.79 Å². The third kappa shape index (κ3) is 4.05. The predicted octanol–water partition coefficient (Wildman–Crippen LogP) is 3.55. The summed E-state index contributed by atoms with van der Waals surface area (Å²) in [6.07, 6.45) is 2.25. The highest BCUT2D eigenvalue weighted by molar-refractivity contribution is 8.00. The van der Waals surface area contributed by atoms with Crippen LogP contribution in [0.4, 0.5) is 0 Å². The van der Waals surface area contributed by atoms with Crippen LogP contribution in [0.25, 0.3) is 10.9 Å². The van der Waals surface area contributed by atoms with Gasteiger partial charge in [-0.25, -0.2) is 4.98 Å². The first-order valence-electron chi connectivity index (χ1n) is 8.18. The smallest absolute Gasteiger partial charge is 0.262 e. The summed E-state index contributed by atoms with van der Waals surface area (Å²) < 4.78 is 7.57. The van der Waals surface area contributed by atoms with Gasteiger partial charge in [-0.05, 0) is 30.4 Å². The third-order valence-corrected chi connectivity index (χ3v) is 8.48. The Balaban J connectivity index is 2.01. The molecule has 2 heterocycles. The molecule has 0 amide bonds. The van der Waals surface area contributed by atoms with Gasteiger partial charge in [-0.2, -0.15) is 0 Å². The van der Waals surface area contributed by atoms with Gasteiger partial charge in [0.1, 0.15) is 0 Å². The van der Waals surface area contributed by atoms with Crippen molar-refractivity contribution in [3.05, 3.63) is 34.6 Å². The molecule has 1 aliphatic rings. The standard InChI is InChI=1S/C17H24N2O2SSi/c1-23(2,3)12-22-17-18-15-9-5-4-8-14(15)16(20)19(17)11-13-7-6-10-21-13/h4-5,8-9,13H,6-7,10-12H2,1-3H3. The highest BCUT2D eigenvalue weighted by Crippen LogP contribution is 2.23. The Labute approximate surface area is 142 Å². The minimum atomic E-state index is -1.22. The lowest BCUT2D eigenvalue weighted by atomic mass is 10.2. The molecule has 4 nitrogen and oxygen atoms in total. The molecule has 0 spiro atoms. The second-order valence-corrected chi connectivity index (χ2v) is 14.2. The lowest BCUT2D eigenvalue weighted by Gasteiger charge is -2.19. The van der Waals surface area contributed by atoms with Gasteiger partial charge in [0, 0.05) is 6.61 Å². The van der Waals surface area contributed by atoms with Crippen LogP contribution in [-0.2, 0) is 11.3 Å². The van der Waals surface area contributed by atoms with Gasteiger partial charge < -0.3 is 4.74 Å². The number of nitrogens with zero attached hydrogens (tertiary/aromatic N) is 2. The van der Waals surface area contributed by atoms with Gasteiger partial charge in [0.2, 0.25) is 0 Å². The molecule has 124 valence electrons. The fourth-order valence-corrected chi connectivity index (χ4v) is 5.42. The summed E-state index contributed by atoms with van der Waals surface area (Å²) in [6.45, 7) is 8.43. The first-order chi connectivity index (χ1) is 10.9. The SMILES string of the molecule is C[Si](C)(C)CSc1nc2ccccc2c(=O)n1CC1CCCO1. The van der Waals surface area contributed by atoms with Crippen LogP contribution in [0.2, 0.25) is 19.6 Å². The van der Waals surface area contributed by atoms with E-state index in [1.807, 2.05) is 28.8 Å². The van der Waals surface area contributed by atoms with Crippen molar-refractivity contribution < 1.29 is 4.74 Å². The van der Waals surface area contributed by atoms with Gasteiger partial charge in [0.25, 0.3) is 5.56 Å². The Morgan fingerprint density at radius 2 is 2.13 bits per heavy atom. The lowest BCUT2D eigenvalue weighted by Crippen LogP contribution is -2.30. The topological polar surface area (TPSA) is 44.1 Å². The molecule has 3 rings (SSSR count). The zero-order chi connectivity index (χ0) is 16.4. The number of aromatic nitrogens is 2. The van der Waals surface area contributed by atoms with E-state index in [1.165, 1.54) is 0 Å². The van der Waals surface area contributed by atoms with Crippen LogP contribution in [0.5, 0.6) is 0 Å². The van der Waals surface area contributed by atoms with Gasteiger partial charge in [-0.3, -0.25) is 9.36 Å². The van der Waals surface area contributed by atoms with Crippen molar-refractivity contribution in [1.82, 2.24) is 9.55 Å². The molecular formula is C17H24N2O2SSi. The van der Waals surface area contributed by atoms with Crippen LogP contribution in [0.1, 0.15) is 12.8 Å². The Morgan fingerprint density at radius 1 is 1.35 bits per heavy atom. The summed E-state index contributed by atoms with van der Waals surface area (Å²) >= 11 is 1.72. The van der Waals surface area contributed by atoms with E-state index in [0.717, 1.165) is 35.5 Å². The molecule has 1 unspecified atom stereocenters. The van der Waals surface area contributed by atoms with Crippen LogP contribution in [0, 0.1) is 0 Å². The van der Waals surface area contributed by atoms with E-state index in [4.69, 9.17) is 9.72 Å². The predicted molar refractivity (Wildman–Crippen MR) is 99.0 cm³/mol. The molecule has 2 aromatic rings. The van der Waals surface area contributed by atoms with E-state index >= 15 is 0 Å². The number of hydrogen-bond acceptors (Lipinski definition) is 4. The maximum absolute atomic E-state index is 12.9. The summed E-state index contributed by atoms with van der Waals surface area (Å²) in [5, 5.41) is 2.60. The minimum absolute atomic E-state index is 0.0594. The molecule has 1 atom stereocenters. The van der Waals surface area contributed by atoms with E-state index in [-0.39, 0.29) is 11.7 Å². The highest BCUT2D eigenvalue weighted by atomic mass is 32.2.